The fourth-order valence-corrected chi connectivity index (χ4v) is 3.00. The standard InChI is InChI=1S/C17H15FN4O5/c18-14-2-1-3-15(16(14)22(26)27)19-8-10-20(11-9-19)17(23)12-4-6-13(7-5-12)21(24)25/h1-7H,8-11H2. The van der Waals surface area contributed by atoms with Gasteiger partial charge >= 0.3 is 5.69 Å². The number of nitrogens with zero attached hydrogens (tertiary/aromatic N) is 4. The number of piperazine rings is 1. The van der Waals surface area contributed by atoms with Gasteiger partial charge in [-0.1, -0.05) is 6.07 Å². The average molecular weight is 374 g/mol. The van der Waals surface area contributed by atoms with E-state index in [0.717, 1.165) is 6.07 Å². The molecule has 0 radical (unpaired) electrons. The van der Waals surface area contributed by atoms with Crippen LogP contribution in [0.15, 0.2) is 42.5 Å². The van der Waals surface area contributed by atoms with Gasteiger partial charge in [0.2, 0.25) is 5.82 Å². The van der Waals surface area contributed by atoms with E-state index < -0.39 is 21.4 Å². The Morgan fingerprint density at radius 1 is 0.926 bits per heavy atom. The highest BCUT2D eigenvalue weighted by Crippen LogP contribution is 2.31. The lowest BCUT2D eigenvalue weighted by molar-refractivity contribution is -0.386. The van der Waals surface area contributed by atoms with Gasteiger partial charge in [0.15, 0.2) is 0 Å². The summed E-state index contributed by atoms with van der Waals surface area (Å²) in [6.45, 7) is 1.21. The van der Waals surface area contributed by atoms with Gasteiger partial charge < -0.3 is 9.80 Å². The van der Waals surface area contributed by atoms with Crippen molar-refractivity contribution >= 4 is 23.0 Å². The van der Waals surface area contributed by atoms with Crippen LogP contribution in [0.1, 0.15) is 10.4 Å². The van der Waals surface area contributed by atoms with E-state index in [0.29, 0.717) is 31.7 Å². The molecule has 1 aliphatic heterocycles. The van der Waals surface area contributed by atoms with Crippen LogP contribution in [0.3, 0.4) is 0 Å². The second-order valence-corrected chi connectivity index (χ2v) is 5.95. The van der Waals surface area contributed by atoms with Gasteiger partial charge in [0.25, 0.3) is 11.6 Å². The molecule has 2 aromatic carbocycles. The molecule has 0 aromatic heterocycles. The summed E-state index contributed by atoms with van der Waals surface area (Å²) in [4.78, 5) is 36.3. The van der Waals surface area contributed by atoms with E-state index in [1.165, 1.54) is 36.4 Å². The minimum Gasteiger partial charge on any atom is -0.362 e. The first kappa shape index (κ1) is 18.2. The van der Waals surface area contributed by atoms with Gasteiger partial charge in [-0.3, -0.25) is 25.0 Å². The molecule has 0 aliphatic carbocycles. The van der Waals surface area contributed by atoms with Crippen LogP contribution < -0.4 is 4.90 Å². The van der Waals surface area contributed by atoms with E-state index in [1.807, 2.05) is 0 Å². The lowest BCUT2D eigenvalue weighted by atomic mass is 10.1. The number of hydrogen-bond donors (Lipinski definition) is 0. The van der Waals surface area contributed by atoms with Crippen molar-refractivity contribution in [3.8, 4) is 0 Å². The highest BCUT2D eigenvalue weighted by molar-refractivity contribution is 5.94. The van der Waals surface area contributed by atoms with E-state index in [4.69, 9.17) is 0 Å². The number of halogens is 1. The predicted octanol–water partition coefficient (Wildman–Crippen LogP) is 2.60. The summed E-state index contributed by atoms with van der Waals surface area (Å²) in [6.07, 6.45) is 0. The summed E-state index contributed by atoms with van der Waals surface area (Å²) in [5, 5.41) is 21.8. The maximum absolute atomic E-state index is 13.8. The third kappa shape index (κ3) is 3.68. The molecule has 9 nitrogen and oxygen atoms in total. The van der Waals surface area contributed by atoms with E-state index >= 15 is 0 Å². The van der Waals surface area contributed by atoms with Crippen molar-refractivity contribution in [3.63, 3.8) is 0 Å². The topological polar surface area (TPSA) is 110 Å². The Morgan fingerprint density at radius 3 is 2.11 bits per heavy atom. The third-order valence-corrected chi connectivity index (χ3v) is 4.38. The van der Waals surface area contributed by atoms with Gasteiger partial charge in [-0.15, -0.1) is 0 Å². The van der Waals surface area contributed by atoms with Crippen LogP contribution in [0.4, 0.5) is 21.5 Å². The molecule has 0 N–H and O–H groups in total. The summed E-state index contributed by atoms with van der Waals surface area (Å²) < 4.78 is 13.8. The molecule has 0 spiro atoms. The molecule has 1 fully saturated rings. The van der Waals surface area contributed by atoms with E-state index in [2.05, 4.69) is 0 Å². The van der Waals surface area contributed by atoms with Gasteiger partial charge in [-0.05, 0) is 24.3 Å². The molecule has 0 bridgehead atoms. The number of nitro groups is 2. The Morgan fingerprint density at radius 2 is 1.56 bits per heavy atom. The number of anilines is 1. The van der Waals surface area contributed by atoms with Crippen molar-refractivity contribution in [2.75, 3.05) is 31.1 Å². The van der Waals surface area contributed by atoms with Gasteiger partial charge in [0.05, 0.1) is 9.85 Å². The Kier molecular flexibility index (Phi) is 4.97. The molecule has 1 saturated heterocycles. The summed E-state index contributed by atoms with van der Waals surface area (Å²) in [7, 11) is 0. The Balaban J connectivity index is 1.70. The van der Waals surface area contributed by atoms with Gasteiger partial charge in [-0.2, -0.15) is 4.39 Å². The second kappa shape index (κ2) is 7.36. The number of nitro benzene ring substituents is 2. The molecular formula is C17H15FN4O5. The number of benzene rings is 2. The molecule has 10 heteroatoms. The van der Waals surface area contributed by atoms with E-state index in [-0.39, 0.29) is 17.3 Å². The fourth-order valence-electron chi connectivity index (χ4n) is 3.00. The second-order valence-electron chi connectivity index (χ2n) is 5.95. The minimum absolute atomic E-state index is 0.102. The van der Waals surface area contributed by atoms with E-state index in [9.17, 15) is 29.4 Å². The molecule has 0 unspecified atom stereocenters. The van der Waals surface area contributed by atoms with Crippen LogP contribution in [0.25, 0.3) is 0 Å². The first-order chi connectivity index (χ1) is 12.9. The van der Waals surface area contributed by atoms with Gasteiger partial charge in [0, 0.05) is 43.9 Å². The van der Waals surface area contributed by atoms with Crippen LogP contribution in [0.2, 0.25) is 0 Å². The summed E-state index contributed by atoms with van der Waals surface area (Å²) >= 11 is 0. The predicted molar refractivity (Wildman–Crippen MR) is 94.3 cm³/mol. The molecule has 1 amide bonds. The molecule has 3 rings (SSSR count). The first-order valence-electron chi connectivity index (χ1n) is 8.10. The highest BCUT2D eigenvalue weighted by atomic mass is 19.1. The zero-order valence-corrected chi connectivity index (χ0v) is 14.1. The number of carbonyl (C=O) groups excluding carboxylic acids is 1. The maximum Gasteiger partial charge on any atom is 0.327 e. The van der Waals surface area contributed by atoms with Crippen LogP contribution >= 0.6 is 0 Å². The number of amides is 1. The molecule has 27 heavy (non-hydrogen) atoms. The molecule has 1 heterocycles. The van der Waals surface area contributed by atoms with Crippen molar-refractivity contribution in [1.82, 2.24) is 4.90 Å². The SMILES string of the molecule is O=C(c1ccc([N+](=O)[O-])cc1)N1CCN(c2cccc(F)c2[N+](=O)[O-])CC1. The number of para-hydroxylation sites is 1. The molecule has 0 saturated carbocycles. The van der Waals surface area contributed by atoms with E-state index in [1.54, 1.807) is 9.80 Å². The third-order valence-electron chi connectivity index (χ3n) is 4.38. The fraction of sp³-hybridized carbons (Fsp3) is 0.235. The highest BCUT2D eigenvalue weighted by Gasteiger charge is 2.28. The quantitative estimate of drug-likeness (QED) is 0.601. The van der Waals surface area contributed by atoms with Gasteiger partial charge in [-0.25, -0.2) is 0 Å². The number of carbonyl (C=O) groups is 1. The van der Waals surface area contributed by atoms with Crippen LogP contribution in [0.5, 0.6) is 0 Å². The van der Waals surface area contributed by atoms with Crippen molar-refractivity contribution in [3.05, 3.63) is 74.1 Å². The van der Waals surface area contributed by atoms with Crippen LogP contribution in [-0.2, 0) is 0 Å². The van der Waals surface area contributed by atoms with Crippen molar-refractivity contribution in [1.29, 1.82) is 0 Å². The van der Waals surface area contributed by atoms with Crippen LogP contribution in [0, 0.1) is 26.0 Å². The minimum atomic E-state index is -0.901. The molecule has 0 atom stereocenters. The summed E-state index contributed by atoms with van der Waals surface area (Å²) in [5.41, 5.74) is -0.171. The zero-order chi connectivity index (χ0) is 19.6. The van der Waals surface area contributed by atoms with Crippen molar-refractivity contribution in [2.24, 2.45) is 0 Å². The average Bonchev–Trinajstić information content (AvgIpc) is 2.67. The Hall–Kier alpha value is -3.56. The number of hydrogen-bond acceptors (Lipinski definition) is 6. The Bertz CT molecular complexity index is 895. The first-order valence-corrected chi connectivity index (χ1v) is 8.10. The number of rotatable bonds is 4. The molecular weight excluding hydrogens is 359 g/mol. The van der Waals surface area contributed by atoms with Crippen LogP contribution in [-0.4, -0.2) is 46.8 Å². The smallest absolute Gasteiger partial charge is 0.327 e. The lowest BCUT2D eigenvalue weighted by Crippen LogP contribution is -2.49. The zero-order valence-electron chi connectivity index (χ0n) is 14.1. The normalized spacial score (nSPS) is 14.1. The maximum atomic E-state index is 13.8. The monoisotopic (exact) mass is 374 g/mol. The van der Waals surface area contributed by atoms with Crippen molar-refractivity contribution < 1.29 is 19.0 Å². The molecule has 2 aromatic rings. The Labute approximate surface area is 152 Å². The van der Waals surface area contributed by atoms with Crippen molar-refractivity contribution in [2.45, 2.75) is 0 Å². The molecule has 1 aliphatic rings. The summed E-state index contributed by atoms with van der Waals surface area (Å²) in [6, 6.07) is 9.24. The summed E-state index contributed by atoms with van der Waals surface area (Å²) in [5.74, 6) is -1.18. The molecule has 140 valence electrons. The lowest BCUT2D eigenvalue weighted by Gasteiger charge is -2.35. The largest absolute Gasteiger partial charge is 0.362 e. The number of non-ortho nitro benzene ring substituents is 1. The van der Waals surface area contributed by atoms with Gasteiger partial charge in [0.1, 0.15) is 5.69 Å².